The summed E-state index contributed by atoms with van der Waals surface area (Å²) in [7, 11) is 1.67. The largest absolute Gasteiger partial charge is 0.358 e. The Bertz CT molecular complexity index is 467. The Morgan fingerprint density at radius 2 is 2.30 bits per heavy atom. The minimum Gasteiger partial charge on any atom is -0.358 e. The van der Waals surface area contributed by atoms with Gasteiger partial charge in [0.05, 0.1) is 24.0 Å². The molecule has 2 N–H and O–H groups in total. The van der Waals surface area contributed by atoms with Crippen molar-refractivity contribution in [3.63, 3.8) is 0 Å². The van der Waals surface area contributed by atoms with E-state index in [4.69, 9.17) is 0 Å². The molecule has 7 nitrogen and oxygen atoms in total. The van der Waals surface area contributed by atoms with Gasteiger partial charge in [0.25, 0.3) is 0 Å². The van der Waals surface area contributed by atoms with Gasteiger partial charge in [0.1, 0.15) is 0 Å². The lowest BCUT2D eigenvalue weighted by Gasteiger charge is -2.11. The summed E-state index contributed by atoms with van der Waals surface area (Å²) in [5.41, 5.74) is 1.02. The predicted octanol–water partition coefficient (Wildman–Crippen LogP) is -0.477. The van der Waals surface area contributed by atoms with Crippen LogP contribution in [0, 0.1) is 0 Å². The number of hydrogen-bond donors (Lipinski definition) is 2. The number of rotatable bonds is 4. The first-order valence-electron chi connectivity index (χ1n) is 7.34. The molecule has 2 fully saturated rings. The third-order valence-corrected chi connectivity index (χ3v) is 4.19. The molecule has 0 aliphatic carbocycles. The molecule has 0 aromatic carbocycles. The maximum Gasteiger partial charge on any atom is 0.236 e. The number of amides is 1. The molecule has 2 aliphatic rings. The third-order valence-electron chi connectivity index (χ3n) is 4.19. The van der Waals surface area contributed by atoms with Crippen molar-refractivity contribution in [1.82, 2.24) is 30.5 Å². The summed E-state index contributed by atoms with van der Waals surface area (Å²) >= 11 is 0. The van der Waals surface area contributed by atoms with E-state index in [-0.39, 0.29) is 18.0 Å². The average Bonchev–Trinajstić information content (AvgIpc) is 3.18. The van der Waals surface area contributed by atoms with Gasteiger partial charge in [0.15, 0.2) is 0 Å². The fourth-order valence-corrected chi connectivity index (χ4v) is 3.03. The molecule has 0 radical (unpaired) electrons. The van der Waals surface area contributed by atoms with E-state index in [0.717, 1.165) is 38.3 Å². The maximum absolute atomic E-state index is 11.6. The Kier molecular flexibility index (Phi) is 3.98. The number of likely N-dealkylation sites (N-methyl/N-ethyl adjacent to an activating group) is 1. The summed E-state index contributed by atoms with van der Waals surface area (Å²) in [6.45, 7) is 3.98. The minimum absolute atomic E-state index is 0.0462. The van der Waals surface area contributed by atoms with E-state index in [1.54, 1.807) is 7.05 Å². The number of likely N-dealkylation sites (tertiary alicyclic amines) is 1. The van der Waals surface area contributed by atoms with Crippen LogP contribution in [0.5, 0.6) is 0 Å². The van der Waals surface area contributed by atoms with Crippen molar-refractivity contribution in [2.45, 2.75) is 37.9 Å². The lowest BCUT2D eigenvalue weighted by molar-refractivity contribution is -0.122. The molecule has 2 aliphatic heterocycles. The molecule has 0 bridgehead atoms. The van der Waals surface area contributed by atoms with Crippen molar-refractivity contribution in [3.8, 4) is 0 Å². The second-order valence-corrected chi connectivity index (χ2v) is 5.64. The minimum atomic E-state index is -0.115. The van der Waals surface area contributed by atoms with Crippen molar-refractivity contribution in [1.29, 1.82) is 0 Å². The van der Waals surface area contributed by atoms with Crippen LogP contribution in [0.25, 0.3) is 0 Å². The SMILES string of the molecule is CNC(=O)[C@@H]1C[C@@H](n2cc(CN3CCCC3)nn2)CN1. The van der Waals surface area contributed by atoms with Gasteiger partial charge in [-0.3, -0.25) is 9.69 Å². The van der Waals surface area contributed by atoms with Gasteiger partial charge < -0.3 is 10.6 Å². The third kappa shape index (κ3) is 2.83. The summed E-state index contributed by atoms with van der Waals surface area (Å²) in [5.74, 6) is 0.0462. The predicted molar refractivity (Wildman–Crippen MR) is 74.0 cm³/mol. The Labute approximate surface area is 118 Å². The normalized spacial score (nSPS) is 27.1. The maximum atomic E-state index is 11.6. The molecule has 20 heavy (non-hydrogen) atoms. The van der Waals surface area contributed by atoms with Crippen LogP contribution in [0.1, 0.15) is 31.0 Å². The zero-order chi connectivity index (χ0) is 13.9. The molecule has 0 unspecified atom stereocenters. The molecule has 110 valence electrons. The molecule has 0 spiro atoms. The lowest BCUT2D eigenvalue weighted by atomic mass is 10.1. The highest BCUT2D eigenvalue weighted by Crippen LogP contribution is 2.19. The summed E-state index contributed by atoms with van der Waals surface area (Å²) < 4.78 is 1.90. The van der Waals surface area contributed by atoms with E-state index in [9.17, 15) is 4.79 Å². The van der Waals surface area contributed by atoms with Gasteiger partial charge >= 0.3 is 0 Å². The first kappa shape index (κ1) is 13.5. The molecular weight excluding hydrogens is 256 g/mol. The average molecular weight is 278 g/mol. The fraction of sp³-hybridized carbons (Fsp3) is 0.769. The topological polar surface area (TPSA) is 75.1 Å². The zero-order valence-electron chi connectivity index (χ0n) is 11.9. The molecule has 1 amide bonds. The summed E-state index contributed by atoms with van der Waals surface area (Å²) in [4.78, 5) is 14.0. The molecule has 1 aromatic rings. The summed E-state index contributed by atoms with van der Waals surface area (Å²) in [6, 6.07) is 0.105. The van der Waals surface area contributed by atoms with Crippen molar-refractivity contribution in [2.75, 3.05) is 26.7 Å². The number of hydrogen-bond acceptors (Lipinski definition) is 5. The van der Waals surface area contributed by atoms with Crippen molar-refractivity contribution < 1.29 is 4.79 Å². The fourth-order valence-electron chi connectivity index (χ4n) is 3.03. The van der Waals surface area contributed by atoms with E-state index >= 15 is 0 Å². The smallest absolute Gasteiger partial charge is 0.236 e. The van der Waals surface area contributed by atoms with Crippen LogP contribution in [0.4, 0.5) is 0 Å². The van der Waals surface area contributed by atoms with E-state index < -0.39 is 0 Å². The van der Waals surface area contributed by atoms with Gasteiger partial charge in [0.2, 0.25) is 5.91 Å². The molecule has 2 atom stereocenters. The molecule has 3 heterocycles. The van der Waals surface area contributed by atoms with E-state index in [1.165, 1.54) is 12.8 Å². The van der Waals surface area contributed by atoms with Crippen LogP contribution in [-0.4, -0.2) is 58.5 Å². The van der Waals surface area contributed by atoms with Crippen LogP contribution in [0.15, 0.2) is 6.20 Å². The molecule has 1 aromatic heterocycles. The number of aromatic nitrogens is 3. The van der Waals surface area contributed by atoms with Crippen molar-refractivity contribution in [3.05, 3.63) is 11.9 Å². The van der Waals surface area contributed by atoms with Crippen LogP contribution in [0.3, 0.4) is 0 Å². The van der Waals surface area contributed by atoms with Gasteiger partial charge in [-0.15, -0.1) is 5.10 Å². The molecule has 0 saturated carbocycles. The first-order chi connectivity index (χ1) is 9.76. The van der Waals surface area contributed by atoms with Crippen LogP contribution >= 0.6 is 0 Å². The summed E-state index contributed by atoms with van der Waals surface area (Å²) in [6.07, 6.45) is 5.37. The second-order valence-electron chi connectivity index (χ2n) is 5.64. The number of carbonyl (C=O) groups is 1. The molecule has 2 saturated heterocycles. The van der Waals surface area contributed by atoms with Crippen LogP contribution < -0.4 is 10.6 Å². The number of nitrogens with one attached hydrogen (secondary N) is 2. The Morgan fingerprint density at radius 1 is 1.50 bits per heavy atom. The van der Waals surface area contributed by atoms with Crippen LogP contribution in [-0.2, 0) is 11.3 Å². The Hall–Kier alpha value is -1.47. The zero-order valence-corrected chi connectivity index (χ0v) is 11.9. The monoisotopic (exact) mass is 278 g/mol. The van der Waals surface area contributed by atoms with Crippen molar-refractivity contribution >= 4 is 5.91 Å². The highest BCUT2D eigenvalue weighted by molar-refractivity contribution is 5.81. The Morgan fingerprint density at radius 3 is 3.05 bits per heavy atom. The van der Waals surface area contributed by atoms with Crippen molar-refractivity contribution in [2.24, 2.45) is 0 Å². The van der Waals surface area contributed by atoms with Crippen LogP contribution in [0.2, 0.25) is 0 Å². The van der Waals surface area contributed by atoms with E-state index in [0.29, 0.717) is 0 Å². The van der Waals surface area contributed by atoms with Gasteiger partial charge in [-0.05, 0) is 32.4 Å². The highest BCUT2D eigenvalue weighted by atomic mass is 16.2. The molecule has 7 heteroatoms. The molecule has 3 rings (SSSR count). The second kappa shape index (κ2) is 5.88. The number of carbonyl (C=O) groups excluding carboxylic acids is 1. The standard InChI is InChI=1S/C13H22N6O/c1-14-13(20)12-6-11(7-15-12)19-9-10(16-17-19)8-18-4-2-3-5-18/h9,11-12,15H,2-8H2,1H3,(H,14,20)/t11-,12+/m1/s1. The highest BCUT2D eigenvalue weighted by Gasteiger charge is 2.30. The van der Waals surface area contributed by atoms with Gasteiger partial charge in [0, 0.05) is 20.1 Å². The number of nitrogens with zero attached hydrogens (tertiary/aromatic N) is 4. The van der Waals surface area contributed by atoms with Gasteiger partial charge in [-0.2, -0.15) is 0 Å². The first-order valence-corrected chi connectivity index (χ1v) is 7.34. The van der Waals surface area contributed by atoms with E-state index in [1.807, 2.05) is 10.9 Å². The lowest BCUT2D eigenvalue weighted by Crippen LogP contribution is -2.38. The quantitative estimate of drug-likeness (QED) is 0.778. The van der Waals surface area contributed by atoms with Gasteiger partial charge in [-0.25, -0.2) is 4.68 Å². The summed E-state index contributed by atoms with van der Waals surface area (Å²) in [5, 5.41) is 14.4. The molecular formula is C13H22N6O. The Balaban J connectivity index is 1.58. The van der Waals surface area contributed by atoms with Gasteiger partial charge in [-0.1, -0.05) is 5.21 Å². The van der Waals surface area contributed by atoms with E-state index in [2.05, 4.69) is 25.8 Å².